The normalized spacial score (nSPS) is 11.2. The van der Waals surface area contributed by atoms with E-state index < -0.39 is 0 Å². The van der Waals surface area contributed by atoms with E-state index in [1.54, 1.807) is 13.2 Å². The second-order valence-corrected chi connectivity index (χ2v) is 7.05. The molecule has 0 aliphatic heterocycles. The number of hydrogen-bond donors (Lipinski definition) is 1. The number of methoxy groups -OCH3 is 1. The number of benzene rings is 1. The highest BCUT2D eigenvalue weighted by atomic mass is 16.5. The van der Waals surface area contributed by atoms with Gasteiger partial charge < -0.3 is 14.3 Å². The molecular formula is C21H25N3O3. The summed E-state index contributed by atoms with van der Waals surface area (Å²) in [5.41, 5.74) is 3.93. The first-order chi connectivity index (χ1) is 12.9. The minimum Gasteiger partial charge on any atom is -0.507 e. The number of aryl methyl sites for hydroxylation is 2. The molecule has 0 aliphatic carbocycles. The van der Waals surface area contributed by atoms with Crippen molar-refractivity contribution in [1.29, 1.82) is 0 Å². The molecule has 0 spiro atoms. The van der Waals surface area contributed by atoms with E-state index in [1.807, 2.05) is 32.0 Å². The summed E-state index contributed by atoms with van der Waals surface area (Å²) < 4.78 is 11.3. The molecule has 1 N–H and O–H groups in total. The lowest BCUT2D eigenvalue weighted by molar-refractivity contribution is 0.413. The number of phenolic OH excluding ortho intramolecular Hbond substituents is 1. The molecular weight excluding hydrogens is 342 g/mol. The maximum atomic E-state index is 10.1. The van der Waals surface area contributed by atoms with E-state index in [-0.39, 0.29) is 0 Å². The molecule has 6 nitrogen and oxygen atoms in total. The first-order valence-electron chi connectivity index (χ1n) is 9.13. The SMILES string of the molecule is CCc1cc(-c2nnc(-c3cc(OC)cc(CC(C)C)n3)o2)cc(C)c1O. The molecule has 6 heteroatoms. The van der Waals surface area contributed by atoms with Crippen LogP contribution >= 0.6 is 0 Å². The third-order valence-corrected chi connectivity index (χ3v) is 4.36. The second kappa shape index (κ2) is 7.78. The molecule has 0 saturated carbocycles. The molecule has 3 rings (SSSR count). The molecule has 3 aromatic rings. The van der Waals surface area contributed by atoms with Crippen molar-refractivity contribution < 1.29 is 14.3 Å². The van der Waals surface area contributed by atoms with Gasteiger partial charge in [0.1, 0.15) is 17.2 Å². The highest BCUT2D eigenvalue weighted by Crippen LogP contribution is 2.31. The van der Waals surface area contributed by atoms with Gasteiger partial charge in [-0.2, -0.15) is 0 Å². The number of rotatable bonds is 6. The van der Waals surface area contributed by atoms with Crippen molar-refractivity contribution >= 4 is 0 Å². The standard InChI is InChI=1S/C21H25N3O3/c1-6-14-9-15(8-13(4)19(14)25)20-23-24-21(27-20)18-11-17(26-5)10-16(22-18)7-12(2)3/h8-12,25H,6-7H2,1-5H3. The van der Waals surface area contributed by atoms with E-state index in [1.165, 1.54) is 0 Å². The van der Waals surface area contributed by atoms with E-state index >= 15 is 0 Å². The summed E-state index contributed by atoms with van der Waals surface area (Å²) in [4.78, 5) is 4.65. The monoisotopic (exact) mass is 367 g/mol. The Morgan fingerprint density at radius 3 is 2.52 bits per heavy atom. The molecule has 0 aliphatic rings. The molecule has 0 atom stereocenters. The minimum absolute atomic E-state index is 0.314. The predicted molar refractivity (Wildman–Crippen MR) is 104 cm³/mol. The fraction of sp³-hybridized carbons (Fsp3) is 0.381. The Morgan fingerprint density at radius 1 is 1.11 bits per heavy atom. The van der Waals surface area contributed by atoms with E-state index in [0.29, 0.717) is 34.9 Å². The van der Waals surface area contributed by atoms with Crippen LogP contribution in [0.1, 0.15) is 37.6 Å². The molecule has 0 unspecified atom stereocenters. The van der Waals surface area contributed by atoms with Crippen LogP contribution in [-0.4, -0.2) is 27.4 Å². The van der Waals surface area contributed by atoms with Crippen LogP contribution in [0.4, 0.5) is 0 Å². The van der Waals surface area contributed by atoms with Crippen molar-refractivity contribution in [2.75, 3.05) is 7.11 Å². The second-order valence-electron chi connectivity index (χ2n) is 7.05. The lowest BCUT2D eigenvalue weighted by atomic mass is 10.0. The van der Waals surface area contributed by atoms with Crippen molar-refractivity contribution in [3.8, 4) is 34.5 Å². The van der Waals surface area contributed by atoms with Gasteiger partial charge in [0.05, 0.1) is 7.11 Å². The number of ether oxygens (including phenoxy) is 1. The summed E-state index contributed by atoms with van der Waals surface area (Å²) in [5, 5.41) is 18.5. The van der Waals surface area contributed by atoms with Crippen LogP contribution in [0.3, 0.4) is 0 Å². The van der Waals surface area contributed by atoms with Gasteiger partial charge in [-0.05, 0) is 48.9 Å². The van der Waals surface area contributed by atoms with Gasteiger partial charge in [-0.1, -0.05) is 20.8 Å². The Hall–Kier alpha value is -2.89. The minimum atomic E-state index is 0.314. The number of aromatic nitrogens is 3. The highest BCUT2D eigenvalue weighted by Gasteiger charge is 2.16. The van der Waals surface area contributed by atoms with Crippen molar-refractivity contribution in [3.63, 3.8) is 0 Å². The van der Waals surface area contributed by atoms with Gasteiger partial charge in [0.15, 0.2) is 0 Å². The molecule has 2 heterocycles. The molecule has 0 fully saturated rings. The van der Waals surface area contributed by atoms with Crippen LogP contribution in [-0.2, 0) is 12.8 Å². The third-order valence-electron chi connectivity index (χ3n) is 4.36. The Labute approximate surface area is 159 Å². The summed E-state index contributed by atoms with van der Waals surface area (Å²) in [5.74, 6) is 2.25. The first-order valence-corrected chi connectivity index (χ1v) is 9.13. The molecule has 27 heavy (non-hydrogen) atoms. The van der Waals surface area contributed by atoms with Crippen LogP contribution in [0.25, 0.3) is 23.0 Å². The summed E-state index contributed by atoms with van der Waals surface area (Å²) in [7, 11) is 1.63. The maximum Gasteiger partial charge on any atom is 0.266 e. The smallest absolute Gasteiger partial charge is 0.266 e. The first kappa shape index (κ1) is 18.9. The summed E-state index contributed by atoms with van der Waals surface area (Å²) in [6.45, 7) is 8.14. The molecule has 0 bridgehead atoms. The van der Waals surface area contributed by atoms with E-state index in [0.717, 1.165) is 35.2 Å². The quantitative estimate of drug-likeness (QED) is 0.687. The van der Waals surface area contributed by atoms with Gasteiger partial charge in [0.2, 0.25) is 5.89 Å². The zero-order chi connectivity index (χ0) is 19.6. The van der Waals surface area contributed by atoms with Gasteiger partial charge in [-0.3, -0.25) is 0 Å². The summed E-state index contributed by atoms with van der Waals surface area (Å²) in [6, 6.07) is 7.44. The lowest BCUT2D eigenvalue weighted by Crippen LogP contribution is -2.00. The number of aromatic hydroxyl groups is 1. The molecule has 1 aromatic carbocycles. The van der Waals surface area contributed by atoms with Crippen LogP contribution in [0.15, 0.2) is 28.7 Å². The van der Waals surface area contributed by atoms with Crippen LogP contribution < -0.4 is 4.74 Å². The van der Waals surface area contributed by atoms with E-state index in [9.17, 15) is 5.11 Å². The Balaban J connectivity index is 2.00. The molecule has 142 valence electrons. The summed E-state index contributed by atoms with van der Waals surface area (Å²) in [6.07, 6.45) is 1.56. The largest absolute Gasteiger partial charge is 0.507 e. The van der Waals surface area contributed by atoms with Crippen molar-refractivity contribution in [2.24, 2.45) is 5.92 Å². The van der Waals surface area contributed by atoms with Crippen molar-refractivity contribution in [3.05, 3.63) is 41.1 Å². The van der Waals surface area contributed by atoms with Crippen LogP contribution in [0.2, 0.25) is 0 Å². The predicted octanol–water partition coefficient (Wildman–Crippen LogP) is 4.58. The van der Waals surface area contributed by atoms with E-state index in [2.05, 4.69) is 29.0 Å². The topological polar surface area (TPSA) is 81.3 Å². The molecule has 0 saturated heterocycles. The average Bonchev–Trinajstić information content (AvgIpc) is 3.13. The van der Waals surface area contributed by atoms with Gasteiger partial charge in [0.25, 0.3) is 5.89 Å². The number of phenols is 1. The molecule has 0 amide bonds. The number of nitrogens with zero attached hydrogens (tertiary/aromatic N) is 3. The van der Waals surface area contributed by atoms with Crippen LogP contribution in [0, 0.1) is 12.8 Å². The van der Waals surface area contributed by atoms with Crippen molar-refractivity contribution in [2.45, 2.75) is 40.5 Å². The number of pyridine rings is 1. The van der Waals surface area contributed by atoms with Gasteiger partial charge in [-0.15, -0.1) is 10.2 Å². The Kier molecular flexibility index (Phi) is 5.44. The molecule has 0 radical (unpaired) electrons. The lowest BCUT2D eigenvalue weighted by Gasteiger charge is -2.08. The summed E-state index contributed by atoms with van der Waals surface area (Å²) >= 11 is 0. The van der Waals surface area contributed by atoms with Gasteiger partial charge in [0, 0.05) is 23.4 Å². The fourth-order valence-corrected chi connectivity index (χ4v) is 3.00. The maximum absolute atomic E-state index is 10.1. The number of hydrogen-bond acceptors (Lipinski definition) is 6. The highest BCUT2D eigenvalue weighted by molar-refractivity contribution is 5.61. The zero-order valence-corrected chi connectivity index (χ0v) is 16.4. The fourth-order valence-electron chi connectivity index (χ4n) is 3.00. The van der Waals surface area contributed by atoms with Crippen molar-refractivity contribution in [1.82, 2.24) is 15.2 Å². The average molecular weight is 367 g/mol. The zero-order valence-electron chi connectivity index (χ0n) is 16.4. The third kappa shape index (κ3) is 4.10. The van der Waals surface area contributed by atoms with Gasteiger partial charge >= 0.3 is 0 Å². The van der Waals surface area contributed by atoms with E-state index in [4.69, 9.17) is 9.15 Å². The van der Waals surface area contributed by atoms with Crippen LogP contribution in [0.5, 0.6) is 11.5 Å². The van der Waals surface area contributed by atoms with Gasteiger partial charge in [-0.25, -0.2) is 4.98 Å². The Morgan fingerprint density at radius 2 is 1.85 bits per heavy atom. The Bertz CT molecular complexity index is 948. The molecule has 2 aromatic heterocycles.